The molecule has 0 bridgehead atoms. The molecule has 2 aliphatic heterocycles. The third kappa shape index (κ3) is 4.37. The van der Waals surface area contributed by atoms with E-state index in [0.717, 1.165) is 28.0 Å². The summed E-state index contributed by atoms with van der Waals surface area (Å²) in [5.41, 5.74) is 0.400. The Balaban J connectivity index is 1.81. The molecule has 1 fully saturated rings. The van der Waals surface area contributed by atoms with E-state index < -0.39 is 54.0 Å². The van der Waals surface area contributed by atoms with E-state index in [4.69, 9.17) is 26.2 Å². The zero-order chi connectivity index (χ0) is 23.9. The number of hydrogen-bond acceptors (Lipinski definition) is 9. The smallest absolute Gasteiger partial charge is 0.344 e. The Hall–Kier alpha value is -2.83. The summed E-state index contributed by atoms with van der Waals surface area (Å²) in [6.07, 6.45) is 0. The van der Waals surface area contributed by atoms with Gasteiger partial charge in [-0.3, -0.25) is 24.1 Å². The lowest BCUT2D eigenvalue weighted by Gasteiger charge is -2.31. The van der Waals surface area contributed by atoms with E-state index in [2.05, 4.69) is 4.98 Å². The fourth-order valence-electron chi connectivity index (χ4n) is 3.93. The van der Waals surface area contributed by atoms with Crippen LogP contribution in [0, 0.1) is 5.92 Å². The number of nitrogens with zero attached hydrogens (tertiary/aromatic N) is 1. The van der Waals surface area contributed by atoms with Crippen molar-refractivity contribution in [2.45, 2.75) is 23.1 Å². The number of ether oxygens (including phenoxy) is 2. The molecule has 13 heteroatoms. The van der Waals surface area contributed by atoms with Crippen molar-refractivity contribution in [1.82, 2.24) is 9.88 Å². The van der Waals surface area contributed by atoms with Crippen LogP contribution in [0.1, 0.15) is 23.3 Å². The fraction of sp³-hybridized carbons (Fsp3) is 0.350. The highest BCUT2D eigenvalue weighted by atomic mass is 35.5. The molecule has 3 heterocycles. The average molecular weight is 513 g/mol. The molecule has 3 atom stereocenters. The van der Waals surface area contributed by atoms with Gasteiger partial charge in [0.05, 0.1) is 17.6 Å². The summed E-state index contributed by atoms with van der Waals surface area (Å²) in [4.78, 5) is 64.9. The van der Waals surface area contributed by atoms with E-state index >= 15 is 0 Å². The highest BCUT2D eigenvalue weighted by molar-refractivity contribution is 8.00. The van der Waals surface area contributed by atoms with Crippen LogP contribution in [0.15, 0.2) is 28.0 Å². The molecule has 1 aromatic carbocycles. The van der Waals surface area contributed by atoms with Gasteiger partial charge >= 0.3 is 16.8 Å². The number of carbonyl (C=O) groups is 4. The molecule has 0 spiro atoms. The Morgan fingerprint density at radius 2 is 2.00 bits per heavy atom. The fourth-order valence-corrected chi connectivity index (χ4v) is 6.64. The number of carboxylic acids is 1. The van der Waals surface area contributed by atoms with Gasteiger partial charge in [-0.1, -0.05) is 34.7 Å². The second-order valence-corrected chi connectivity index (χ2v) is 9.78. The van der Waals surface area contributed by atoms with Crippen molar-refractivity contribution in [2.75, 3.05) is 19.8 Å². The molecule has 2 aromatic rings. The first-order chi connectivity index (χ1) is 15.7. The van der Waals surface area contributed by atoms with Gasteiger partial charge in [0.15, 0.2) is 6.61 Å². The van der Waals surface area contributed by atoms with Gasteiger partial charge in [0.25, 0.3) is 0 Å². The van der Waals surface area contributed by atoms with Crippen LogP contribution in [-0.4, -0.2) is 63.8 Å². The molecular formula is C20H17ClN2O8S2. The number of carboxylic acid groups (broad SMARTS) is 1. The molecule has 1 saturated heterocycles. The van der Waals surface area contributed by atoms with E-state index in [1.54, 1.807) is 19.1 Å². The summed E-state index contributed by atoms with van der Waals surface area (Å²) in [7, 11) is 0. The van der Waals surface area contributed by atoms with E-state index in [1.165, 1.54) is 6.07 Å². The highest BCUT2D eigenvalue weighted by Gasteiger charge is 2.56. The van der Waals surface area contributed by atoms with Crippen LogP contribution in [0.3, 0.4) is 0 Å². The third-order valence-corrected chi connectivity index (χ3v) is 7.80. The number of aromatic nitrogens is 1. The maximum absolute atomic E-state index is 13.2. The summed E-state index contributed by atoms with van der Waals surface area (Å²) >= 11 is 8.14. The Morgan fingerprint density at radius 1 is 1.24 bits per heavy atom. The number of aromatic amines is 1. The molecule has 2 amide bonds. The van der Waals surface area contributed by atoms with E-state index in [-0.39, 0.29) is 17.2 Å². The monoisotopic (exact) mass is 512 g/mol. The first kappa shape index (κ1) is 23.3. The summed E-state index contributed by atoms with van der Waals surface area (Å²) in [5.74, 6) is -4.79. The van der Waals surface area contributed by atoms with Gasteiger partial charge in [-0.15, -0.1) is 0 Å². The van der Waals surface area contributed by atoms with Crippen molar-refractivity contribution < 1.29 is 33.8 Å². The van der Waals surface area contributed by atoms with Crippen LogP contribution in [0.5, 0.6) is 5.75 Å². The minimum Gasteiger partial charge on any atom is -0.482 e. The Labute approximate surface area is 199 Å². The molecule has 33 heavy (non-hydrogen) atoms. The van der Waals surface area contributed by atoms with Gasteiger partial charge in [-0.05, 0) is 25.1 Å². The van der Waals surface area contributed by atoms with Crippen LogP contribution in [-0.2, 0) is 23.9 Å². The normalized spacial score (nSPS) is 21.5. The van der Waals surface area contributed by atoms with Gasteiger partial charge < -0.3 is 19.6 Å². The SMILES string of the molecule is CCOC(=O)COc1ccc(Cl)cc1[C@H]1c2sc(=O)[nH]c2SC2C(=O)N(CC(=O)O)C(=O)C21. The second-order valence-electron chi connectivity index (χ2n) is 7.18. The number of hydrogen-bond donors (Lipinski definition) is 2. The largest absolute Gasteiger partial charge is 0.482 e. The lowest BCUT2D eigenvalue weighted by molar-refractivity contribution is -0.149. The third-order valence-electron chi connectivity index (χ3n) is 5.17. The van der Waals surface area contributed by atoms with Gasteiger partial charge in [-0.2, -0.15) is 0 Å². The van der Waals surface area contributed by atoms with Crippen LogP contribution in [0.25, 0.3) is 0 Å². The predicted molar refractivity (Wildman–Crippen MR) is 118 cm³/mol. The van der Waals surface area contributed by atoms with Gasteiger partial charge in [0.1, 0.15) is 17.5 Å². The summed E-state index contributed by atoms with van der Waals surface area (Å²) < 4.78 is 10.5. The number of H-pyrrole nitrogens is 1. The minimum atomic E-state index is -1.32. The number of thiazole rings is 1. The minimum absolute atomic E-state index is 0.177. The first-order valence-corrected chi connectivity index (χ1v) is 11.8. The van der Waals surface area contributed by atoms with Crippen LogP contribution in [0.4, 0.5) is 0 Å². The lowest BCUT2D eigenvalue weighted by Crippen LogP contribution is -2.36. The zero-order valence-electron chi connectivity index (χ0n) is 17.0. The number of esters is 1. The Morgan fingerprint density at radius 3 is 2.70 bits per heavy atom. The molecule has 174 valence electrons. The van der Waals surface area contributed by atoms with Crippen molar-refractivity contribution in [3.63, 3.8) is 0 Å². The molecule has 4 rings (SSSR count). The molecule has 10 nitrogen and oxygen atoms in total. The number of thioether (sulfide) groups is 1. The first-order valence-electron chi connectivity index (χ1n) is 9.75. The number of halogens is 1. The molecule has 0 saturated carbocycles. The Kier molecular flexibility index (Phi) is 6.50. The van der Waals surface area contributed by atoms with Gasteiger partial charge in [0, 0.05) is 21.4 Å². The van der Waals surface area contributed by atoms with Crippen molar-refractivity contribution in [2.24, 2.45) is 5.92 Å². The van der Waals surface area contributed by atoms with Crippen LogP contribution in [0.2, 0.25) is 5.02 Å². The number of aliphatic carboxylic acids is 1. The second kappa shape index (κ2) is 9.20. The topological polar surface area (TPSA) is 143 Å². The summed E-state index contributed by atoms with van der Waals surface area (Å²) in [6.45, 7) is 0.679. The molecule has 0 aliphatic carbocycles. The average Bonchev–Trinajstić information content (AvgIpc) is 3.23. The molecule has 1 aromatic heterocycles. The van der Waals surface area contributed by atoms with E-state index in [9.17, 15) is 24.0 Å². The molecule has 2 aliphatic rings. The van der Waals surface area contributed by atoms with Gasteiger partial charge in [0.2, 0.25) is 11.8 Å². The van der Waals surface area contributed by atoms with Crippen molar-refractivity contribution >= 4 is 58.5 Å². The van der Waals surface area contributed by atoms with Crippen molar-refractivity contribution in [3.05, 3.63) is 43.3 Å². The Bertz CT molecular complexity index is 1210. The van der Waals surface area contributed by atoms with Crippen molar-refractivity contribution in [3.8, 4) is 5.75 Å². The lowest BCUT2D eigenvalue weighted by atomic mass is 9.82. The summed E-state index contributed by atoms with van der Waals surface area (Å²) in [5, 5.41) is 8.96. The highest BCUT2D eigenvalue weighted by Crippen LogP contribution is 2.54. The number of fused-ring (bicyclic) bond motifs is 2. The van der Waals surface area contributed by atoms with Gasteiger partial charge in [-0.25, -0.2) is 4.79 Å². The van der Waals surface area contributed by atoms with Crippen molar-refractivity contribution in [1.29, 1.82) is 0 Å². The van der Waals surface area contributed by atoms with E-state index in [0.29, 0.717) is 20.5 Å². The number of benzene rings is 1. The maximum Gasteiger partial charge on any atom is 0.344 e. The van der Waals surface area contributed by atoms with E-state index in [1.807, 2.05) is 0 Å². The number of likely N-dealkylation sites (tertiary alicyclic amines) is 1. The maximum atomic E-state index is 13.2. The predicted octanol–water partition coefficient (Wildman–Crippen LogP) is 1.71. The number of amides is 2. The number of carbonyl (C=O) groups excluding carboxylic acids is 3. The molecule has 0 radical (unpaired) electrons. The number of imide groups is 1. The quantitative estimate of drug-likeness (QED) is 0.418. The number of nitrogens with one attached hydrogen (secondary N) is 1. The standard InChI is InChI=1S/C20H17ClN2O8S2/c1-2-30-12(26)7-31-10-4-3-8(21)5-9(10)13-14-16(32-17-15(13)33-20(29)22-17)19(28)23(18(14)27)6-11(24)25/h3-5,13-14,16H,2,6-7H2,1H3,(H,22,29)(H,24,25)/t13-,14?,16?/m1/s1. The summed E-state index contributed by atoms with van der Waals surface area (Å²) in [6, 6.07) is 4.61. The molecule has 2 N–H and O–H groups in total. The van der Waals surface area contributed by atoms with Crippen LogP contribution < -0.4 is 9.61 Å². The number of rotatable bonds is 7. The molecule has 2 unspecified atom stereocenters. The molecular weight excluding hydrogens is 496 g/mol. The van der Waals surface area contributed by atoms with Crippen LogP contribution >= 0.6 is 34.7 Å². The zero-order valence-corrected chi connectivity index (χ0v) is 19.4.